The van der Waals surface area contributed by atoms with E-state index in [9.17, 15) is 14.0 Å². The van der Waals surface area contributed by atoms with E-state index < -0.39 is 0 Å². The van der Waals surface area contributed by atoms with Crippen molar-refractivity contribution in [3.8, 4) is 0 Å². The number of nitrogens with zero attached hydrogens (tertiary/aromatic N) is 3. The zero-order valence-electron chi connectivity index (χ0n) is 16.2. The van der Waals surface area contributed by atoms with E-state index in [1.54, 1.807) is 18.2 Å². The highest BCUT2D eigenvalue weighted by molar-refractivity contribution is 5.79. The van der Waals surface area contributed by atoms with Gasteiger partial charge in [0.15, 0.2) is 0 Å². The van der Waals surface area contributed by atoms with Crippen molar-refractivity contribution in [2.75, 3.05) is 46.3 Å². The molecule has 0 aromatic heterocycles. The monoisotopic (exact) mass is 375 g/mol. The Hall–Kier alpha value is -1.95. The van der Waals surface area contributed by atoms with Gasteiger partial charge in [-0.3, -0.25) is 9.59 Å². The maximum absolute atomic E-state index is 13.8. The Morgan fingerprint density at radius 1 is 1.04 bits per heavy atom. The second-order valence-corrected chi connectivity index (χ2v) is 7.84. The summed E-state index contributed by atoms with van der Waals surface area (Å²) in [5, 5.41) is 0. The molecule has 2 aliphatic rings. The molecule has 0 N–H and O–H groups in total. The van der Waals surface area contributed by atoms with Crippen molar-refractivity contribution in [1.29, 1.82) is 0 Å². The van der Waals surface area contributed by atoms with Crippen LogP contribution in [0.5, 0.6) is 0 Å². The number of benzene rings is 1. The van der Waals surface area contributed by atoms with Crippen molar-refractivity contribution < 1.29 is 14.0 Å². The molecule has 0 aliphatic carbocycles. The summed E-state index contributed by atoms with van der Waals surface area (Å²) < 4.78 is 13.8. The molecule has 1 aromatic carbocycles. The minimum Gasteiger partial charge on any atom is -0.342 e. The first-order chi connectivity index (χ1) is 13.0. The molecule has 3 rings (SSSR count). The molecule has 1 aromatic rings. The van der Waals surface area contributed by atoms with E-state index in [0.717, 1.165) is 52.0 Å². The Kier molecular flexibility index (Phi) is 6.83. The number of rotatable bonds is 5. The van der Waals surface area contributed by atoms with Gasteiger partial charge in [-0.05, 0) is 43.9 Å². The molecule has 2 heterocycles. The Bertz CT molecular complexity index is 659. The van der Waals surface area contributed by atoms with Crippen LogP contribution in [0.15, 0.2) is 24.3 Å². The molecule has 2 aliphatic heterocycles. The maximum atomic E-state index is 13.8. The number of amides is 2. The van der Waals surface area contributed by atoms with E-state index in [1.165, 1.54) is 6.07 Å². The van der Waals surface area contributed by atoms with Gasteiger partial charge in [0.2, 0.25) is 11.8 Å². The van der Waals surface area contributed by atoms with Crippen LogP contribution in [0, 0.1) is 11.7 Å². The lowest BCUT2D eigenvalue weighted by atomic mass is 9.92. The van der Waals surface area contributed by atoms with Crippen LogP contribution in [0.1, 0.15) is 31.2 Å². The van der Waals surface area contributed by atoms with Gasteiger partial charge in [-0.2, -0.15) is 0 Å². The number of carbonyl (C=O) groups excluding carboxylic acids is 2. The van der Waals surface area contributed by atoms with Crippen LogP contribution in [-0.2, 0) is 16.0 Å². The fourth-order valence-corrected chi connectivity index (χ4v) is 3.99. The highest BCUT2D eigenvalue weighted by Crippen LogP contribution is 2.22. The lowest BCUT2D eigenvalue weighted by molar-refractivity contribution is -0.133. The standard InChI is InChI=1S/C21H30FN3O2/c1-23-11-13-24(14-12-23)20(26)9-8-17-5-4-10-25(16-17)21(27)15-18-6-2-3-7-19(18)22/h2-3,6-7,17H,4-5,8-16H2,1H3. The number of likely N-dealkylation sites (tertiary alicyclic amines) is 1. The number of hydrogen-bond donors (Lipinski definition) is 0. The topological polar surface area (TPSA) is 43.9 Å². The van der Waals surface area contributed by atoms with Gasteiger partial charge in [0, 0.05) is 45.7 Å². The molecule has 0 saturated carbocycles. The second kappa shape index (κ2) is 9.31. The van der Waals surface area contributed by atoms with Crippen molar-refractivity contribution >= 4 is 11.8 Å². The highest BCUT2D eigenvalue weighted by Gasteiger charge is 2.26. The van der Waals surface area contributed by atoms with Crippen molar-refractivity contribution in [3.05, 3.63) is 35.6 Å². The Morgan fingerprint density at radius 2 is 1.78 bits per heavy atom. The Balaban J connectivity index is 1.45. The zero-order chi connectivity index (χ0) is 19.2. The van der Waals surface area contributed by atoms with Crippen LogP contribution in [-0.4, -0.2) is 72.8 Å². The summed E-state index contributed by atoms with van der Waals surface area (Å²) in [6.07, 6.45) is 3.51. The third kappa shape index (κ3) is 5.51. The van der Waals surface area contributed by atoms with E-state index in [-0.39, 0.29) is 24.1 Å². The first-order valence-electron chi connectivity index (χ1n) is 10.0. The van der Waals surface area contributed by atoms with Crippen LogP contribution >= 0.6 is 0 Å². The van der Waals surface area contributed by atoms with Crippen molar-refractivity contribution in [3.63, 3.8) is 0 Å². The van der Waals surface area contributed by atoms with Gasteiger partial charge in [-0.1, -0.05) is 18.2 Å². The summed E-state index contributed by atoms with van der Waals surface area (Å²) in [6, 6.07) is 6.46. The molecule has 27 heavy (non-hydrogen) atoms. The first-order valence-corrected chi connectivity index (χ1v) is 10.0. The number of likely N-dealkylation sites (N-methyl/N-ethyl adjacent to an activating group) is 1. The van der Waals surface area contributed by atoms with E-state index >= 15 is 0 Å². The number of carbonyl (C=O) groups is 2. The predicted octanol–water partition coefficient (Wildman–Crippen LogP) is 2.16. The highest BCUT2D eigenvalue weighted by atomic mass is 19.1. The van der Waals surface area contributed by atoms with Crippen molar-refractivity contribution in [2.24, 2.45) is 5.92 Å². The van der Waals surface area contributed by atoms with Crippen LogP contribution in [0.3, 0.4) is 0 Å². The SMILES string of the molecule is CN1CCN(C(=O)CCC2CCCN(C(=O)Cc3ccccc3F)C2)CC1. The smallest absolute Gasteiger partial charge is 0.227 e. The Morgan fingerprint density at radius 3 is 2.52 bits per heavy atom. The van der Waals surface area contributed by atoms with Gasteiger partial charge in [0.1, 0.15) is 5.82 Å². The average molecular weight is 375 g/mol. The van der Waals surface area contributed by atoms with Crippen molar-refractivity contribution in [1.82, 2.24) is 14.7 Å². The van der Waals surface area contributed by atoms with E-state index in [1.807, 2.05) is 9.80 Å². The summed E-state index contributed by atoms with van der Waals surface area (Å²) in [5.74, 6) is 0.255. The molecule has 2 saturated heterocycles. The van der Waals surface area contributed by atoms with Crippen LogP contribution in [0.2, 0.25) is 0 Å². The molecule has 1 atom stereocenters. The van der Waals surface area contributed by atoms with E-state index in [0.29, 0.717) is 24.4 Å². The zero-order valence-corrected chi connectivity index (χ0v) is 16.2. The number of piperazine rings is 1. The molecular formula is C21H30FN3O2. The summed E-state index contributed by atoms with van der Waals surface area (Å²) in [5.41, 5.74) is 0.454. The third-order valence-corrected chi connectivity index (χ3v) is 5.79. The number of piperidine rings is 1. The average Bonchev–Trinajstić information content (AvgIpc) is 2.68. The second-order valence-electron chi connectivity index (χ2n) is 7.84. The van der Waals surface area contributed by atoms with E-state index in [4.69, 9.17) is 0 Å². The molecule has 2 amide bonds. The molecule has 1 unspecified atom stereocenters. The summed E-state index contributed by atoms with van der Waals surface area (Å²) in [7, 11) is 2.08. The molecule has 6 heteroatoms. The summed E-state index contributed by atoms with van der Waals surface area (Å²) in [6.45, 7) is 4.92. The summed E-state index contributed by atoms with van der Waals surface area (Å²) >= 11 is 0. The van der Waals surface area contributed by atoms with Gasteiger partial charge in [-0.25, -0.2) is 4.39 Å². The lowest BCUT2D eigenvalue weighted by Crippen LogP contribution is -2.47. The quantitative estimate of drug-likeness (QED) is 0.792. The molecule has 5 nitrogen and oxygen atoms in total. The molecule has 0 bridgehead atoms. The molecule has 2 fully saturated rings. The largest absolute Gasteiger partial charge is 0.342 e. The van der Waals surface area contributed by atoms with Gasteiger partial charge < -0.3 is 14.7 Å². The van der Waals surface area contributed by atoms with Gasteiger partial charge in [-0.15, -0.1) is 0 Å². The minimum absolute atomic E-state index is 0.0183. The molecular weight excluding hydrogens is 345 g/mol. The molecule has 0 spiro atoms. The van der Waals surface area contributed by atoms with Crippen LogP contribution in [0.4, 0.5) is 4.39 Å². The normalized spacial score (nSPS) is 21.3. The van der Waals surface area contributed by atoms with Crippen LogP contribution in [0.25, 0.3) is 0 Å². The summed E-state index contributed by atoms with van der Waals surface area (Å²) in [4.78, 5) is 31.0. The molecule has 0 radical (unpaired) electrons. The van der Waals surface area contributed by atoms with Gasteiger partial charge >= 0.3 is 0 Å². The fraction of sp³-hybridized carbons (Fsp3) is 0.619. The maximum Gasteiger partial charge on any atom is 0.227 e. The lowest BCUT2D eigenvalue weighted by Gasteiger charge is -2.34. The molecule has 148 valence electrons. The predicted molar refractivity (Wildman–Crippen MR) is 103 cm³/mol. The van der Waals surface area contributed by atoms with Crippen molar-refractivity contribution in [2.45, 2.75) is 32.1 Å². The van der Waals surface area contributed by atoms with E-state index in [2.05, 4.69) is 11.9 Å². The van der Waals surface area contributed by atoms with Gasteiger partial charge in [0.05, 0.1) is 6.42 Å². The third-order valence-electron chi connectivity index (χ3n) is 5.79. The Labute approximate surface area is 161 Å². The number of halogens is 1. The fourth-order valence-electron chi connectivity index (χ4n) is 3.99. The minimum atomic E-state index is -0.322. The number of hydrogen-bond acceptors (Lipinski definition) is 3. The van der Waals surface area contributed by atoms with Crippen LogP contribution < -0.4 is 0 Å². The first kappa shape index (κ1) is 19.8. The van der Waals surface area contributed by atoms with Gasteiger partial charge in [0.25, 0.3) is 0 Å².